The molecule has 1 aliphatic heterocycles. The first-order valence-corrected chi connectivity index (χ1v) is 11.5. The molecule has 0 saturated carbocycles. The molecule has 3 rings (SSSR count). The molecule has 0 bridgehead atoms. The molecule has 0 aliphatic carbocycles. The maximum absolute atomic E-state index is 13.2. The highest BCUT2D eigenvalue weighted by atomic mass is 32.1. The predicted molar refractivity (Wildman–Crippen MR) is 121 cm³/mol. The summed E-state index contributed by atoms with van der Waals surface area (Å²) in [4.78, 5) is 27.9. The number of fused-ring (bicyclic) bond motifs is 1. The van der Waals surface area contributed by atoms with Gasteiger partial charge >= 0.3 is 5.69 Å². The topological polar surface area (TPSA) is 107 Å². The normalized spacial score (nSPS) is 18.4. The van der Waals surface area contributed by atoms with E-state index in [4.69, 9.17) is 9.47 Å². The molecule has 1 aliphatic rings. The fourth-order valence-electron chi connectivity index (χ4n) is 3.77. The second kappa shape index (κ2) is 9.51. The number of aliphatic hydroxyl groups excluding tert-OH is 1. The van der Waals surface area contributed by atoms with Gasteiger partial charge in [0.15, 0.2) is 0 Å². The van der Waals surface area contributed by atoms with Gasteiger partial charge in [0.2, 0.25) is 6.41 Å². The lowest BCUT2D eigenvalue weighted by Crippen LogP contribution is -2.45. The second-order valence-corrected chi connectivity index (χ2v) is 10.3. The van der Waals surface area contributed by atoms with Crippen LogP contribution < -0.4 is 22.1 Å². The van der Waals surface area contributed by atoms with Gasteiger partial charge in [-0.2, -0.15) is 0 Å². The van der Waals surface area contributed by atoms with Gasteiger partial charge in [-0.3, -0.25) is 13.9 Å². The summed E-state index contributed by atoms with van der Waals surface area (Å²) in [6, 6.07) is -0.243. The minimum Gasteiger partial charge on any atom is -0.376 e. The average Bonchev–Trinajstić information content (AvgIpc) is 3.25. The number of thiophene rings is 1. The van der Waals surface area contributed by atoms with E-state index in [1.54, 1.807) is 4.57 Å². The first-order valence-electron chi connectivity index (χ1n) is 10.7. The van der Waals surface area contributed by atoms with Crippen LogP contribution in [0.5, 0.6) is 0 Å². The summed E-state index contributed by atoms with van der Waals surface area (Å²) in [5.74, 6) is 0. The van der Waals surface area contributed by atoms with E-state index in [1.165, 1.54) is 15.9 Å². The van der Waals surface area contributed by atoms with Gasteiger partial charge < -0.3 is 14.6 Å². The van der Waals surface area contributed by atoms with Crippen molar-refractivity contribution in [3.8, 4) is 0 Å². The van der Waals surface area contributed by atoms with E-state index in [0.29, 0.717) is 29.9 Å². The lowest BCUT2D eigenvalue weighted by molar-refractivity contribution is -0.187. The van der Waals surface area contributed by atoms with Gasteiger partial charge in [0.25, 0.3) is 5.56 Å². The molecule has 1 fully saturated rings. The predicted octanol–water partition coefficient (Wildman–Crippen LogP) is 1.98. The molecule has 2 unspecified atom stereocenters. The van der Waals surface area contributed by atoms with E-state index in [0.717, 1.165) is 23.3 Å². The molecule has 0 amide bonds. The van der Waals surface area contributed by atoms with Crippen molar-refractivity contribution in [2.75, 3.05) is 6.61 Å². The molecular weight excluding hydrogens is 420 g/mol. The number of aromatic nitrogens is 2. The summed E-state index contributed by atoms with van der Waals surface area (Å²) < 4.78 is 14.2. The maximum atomic E-state index is 13.2. The van der Waals surface area contributed by atoms with E-state index in [9.17, 15) is 14.7 Å². The van der Waals surface area contributed by atoms with Gasteiger partial charge in [-0.05, 0) is 59.9 Å². The molecular formula is C21H34N4O5S. The number of aliphatic hydroxyl groups is 1. The molecule has 3 N–H and O–H groups in total. The highest BCUT2D eigenvalue weighted by Crippen LogP contribution is 2.29. The van der Waals surface area contributed by atoms with Crippen molar-refractivity contribution in [3.63, 3.8) is 0 Å². The molecule has 2 atom stereocenters. The quantitative estimate of drug-likeness (QED) is 0.414. The summed E-state index contributed by atoms with van der Waals surface area (Å²) >= 11 is 1.42. The van der Waals surface area contributed by atoms with Crippen LogP contribution in [0.1, 0.15) is 63.9 Å². The first kappa shape index (κ1) is 24.1. The third kappa shape index (κ3) is 5.44. The highest BCUT2D eigenvalue weighted by Gasteiger charge is 2.24. The molecule has 2 aromatic rings. The number of hydrogen-bond donors (Lipinski definition) is 3. The highest BCUT2D eigenvalue weighted by molar-refractivity contribution is 7.18. The fourth-order valence-corrected chi connectivity index (χ4v) is 5.01. The Morgan fingerprint density at radius 2 is 2.03 bits per heavy atom. The lowest BCUT2D eigenvalue weighted by atomic mass is 10.2. The van der Waals surface area contributed by atoms with Crippen LogP contribution in [-0.2, 0) is 22.6 Å². The van der Waals surface area contributed by atoms with E-state index >= 15 is 0 Å². The third-order valence-corrected chi connectivity index (χ3v) is 6.52. The van der Waals surface area contributed by atoms with Gasteiger partial charge in [-0.1, -0.05) is 0 Å². The Kier molecular flexibility index (Phi) is 7.39. The molecule has 2 aromatic heterocycles. The van der Waals surface area contributed by atoms with Crippen molar-refractivity contribution < 1.29 is 14.6 Å². The number of nitrogens with one attached hydrogen (secondary N) is 2. The lowest BCUT2D eigenvalue weighted by Gasteiger charge is -2.24. The maximum Gasteiger partial charge on any atom is 0.332 e. The van der Waals surface area contributed by atoms with E-state index in [2.05, 4.69) is 10.9 Å². The van der Waals surface area contributed by atoms with E-state index in [1.807, 2.05) is 41.5 Å². The van der Waals surface area contributed by atoms with Crippen LogP contribution >= 0.6 is 11.3 Å². The van der Waals surface area contributed by atoms with Gasteiger partial charge in [0.05, 0.1) is 23.6 Å². The van der Waals surface area contributed by atoms with Crippen LogP contribution in [0.15, 0.2) is 9.59 Å². The standard InChI is InChI=1S/C21H34N4O5S/c1-12(2)25-17(26)16-13(3)15(10-22-23-19(27)30-21(4,5)6)31-18(16)24(20(25)28)11-14-8-7-9-29-14/h12,14,19,22-23,27H,7-11H2,1-6H3. The first-order chi connectivity index (χ1) is 14.5. The Balaban J connectivity index is 1.94. The minimum atomic E-state index is -1.18. The Morgan fingerprint density at radius 3 is 2.61 bits per heavy atom. The van der Waals surface area contributed by atoms with E-state index in [-0.39, 0.29) is 23.4 Å². The zero-order chi connectivity index (χ0) is 22.9. The monoisotopic (exact) mass is 454 g/mol. The van der Waals surface area contributed by atoms with Crippen molar-refractivity contribution in [1.82, 2.24) is 20.0 Å². The van der Waals surface area contributed by atoms with Crippen molar-refractivity contribution >= 4 is 21.6 Å². The van der Waals surface area contributed by atoms with Crippen LogP contribution in [0.2, 0.25) is 0 Å². The van der Waals surface area contributed by atoms with Gasteiger partial charge in [-0.25, -0.2) is 15.6 Å². The molecule has 0 aromatic carbocycles. The summed E-state index contributed by atoms with van der Waals surface area (Å²) in [7, 11) is 0. The Hall–Kier alpha value is -1.56. The third-order valence-electron chi connectivity index (χ3n) is 5.21. The molecule has 0 radical (unpaired) electrons. The number of ether oxygens (including phenoxy) is 2. The van der Waals surface area contributed by atoms with E-state index < -0.39 is 12.0 Å². The molecule has 174 valence electrons. The summed E-state index contributed by atoms with van der Waals surface area (Å²) in [6.07, 6.45) is 0.693. The fraction of sp³-hybridized carbons (Fsp3) is 0.714. The number of aryl methyl sites for hydroxylation is 1. The van der Waals surface area contributed by atoms with Crippen LogP contribution in [-0.4, -0.2) is 39.0 Å². The second-order valence-electron chi connectivity index (χ2n) is 9.21. The Labute approximate surface area is 185 Å². The van der Waals surface area contributed by atoms with Gasteiger partial charge in [-0.15, -0.1) is 11.3 Å². The van der Waals surface area contributed by atoms with Crippen LogP contribution in [0.25, 0.3) is 10.2 Å². The van der Waals surface area contributed by atoms with Crippen molar-refractivity contribution in [2.24, 2.45) is 0 Å². The molecule has 10 heteroatoms. The average molecular weight is 455 g/mol. The Bertz CT molecular complexity index is 1030. The largest absolute Gasteiger partial charge is 0.376 e. The van der Waals surface area contributed by atoms with Crippen LogP contribution in [0.4, 0.5) is 0 Å². The Morgan fingerprint density at radius 1 is 1.32 bits per heavy atom. The van der Waals surface area contributed by atoms with Crippen molar-refractivity contribution in [3.05, 3.63) is 31.3 Å². The molecule has 0 spiro atoms. The van der Waals surface area contributed by atoms with Gasteiger partial charge in [0.1, 0.15) is 4.83 Å². The smallest absolute Gasteiger partial charge is 0.332 e. The summed E-state index contributed by atoms with van der Waals surface area (Å²) in [5.41, 5.74) is 5.44. The number of nitrogens with zero attached hydrogens (tertiary/aromatic N) is 2. The van der Waals surface area contributed by atoms with Crippen molar-refractivity contribution in [1.29, 1.82) is 0 Å². The van der Waals surface area contributed by atoms with Crippen molar-refractivity contribution in [2.45, 2.75) is 91.6 Å². The van der Waals surface area contributed by atoms with Crippen LogP contribution in [0.3, 0.4) is 0 Å². The zero-order valence-electron chi connectivity index (χ0n) is 19.2. The molecule has 3 heterocycles. The zero-order valence-corrected chi connectivity index (χ0v) is 20.0. The van der Waals surface area contributed by atoms with Crippen LogP contribution in [0, 0.1) is 6.92 Å². The SMILES string of the molecule is Cc1c(CNNC(O)OC(C)(C)C)sc2c1c(=O)n(C(C)C)c(=O)n2CC1CCCO1. The minimum absolute atomic E-state index is 0.0191. The number of hydrogen-bond acceptors (Lipinski definition) is 8. The number of rotatable bonds is 8. The molecule has 31 heavy (non-hydrogen) atoms. The number of hydrazine groups is 1. The summed E-state index contributed by atoms with van der Waals surface area (Å²) in [6.45, 7) is 12.6. The molecule has 1 saturated heterocycles. The van der Waals surface area contributed by atoms with Gasteiger partial charge in [0, 0.05) is 24.1 Å². The molecule has 9 nitrogen and oxygen atoms in total. The summed E-state index contributed by atoms with van der Waals surface area (Å²) in [5, 5.41) is 10.5.